The van der Waals surface area contributed by atoms with Crippen LogP contribution in [0, 0.1) is 0 Å². The lowest BCUT2D eigenvalue weighted by atomic mass is 10.0. The van der Waals surface area contributed by atoms with Gasteiger partial charge >= 0.3 is 0 Å². The van der Waals surface area contributed by atoms with Crippen molar-refractivity contribution in [2.45, 2.75) is 18.5 Å². The Labute approximate surface area is 82.0 Å². The molecular weight excluding hydrogens is 180 g/mol. The van der Waals surface area contributed by atoms with E-state index in [0.717, 1.165) is 5.56 Å². The predicted octanol–water partition coefficient (Wildman–Crippen LogP) is -0.293. The average Bonchev–Trinajstić information content (AvgIpc) is 2.43. The predicted molar refractivity (Wildman–Crippen MR) is 50.1 cm³/mol. The molecule has 1 aliphatic heterocycles. The van der Waals surface area contributed by atoms with Crippen molar-refractivity contribution in [1.29, 1.82) is 0 Å². The standard InChI is InChI=1S/C9H12N4O/c1-13-8(14)2-7(10)9(13)6-3-11-5-12-4-6/h3-5,7,9H,2,10H2,1H3. The number of carbonyl (C=O) groups excluding carboxylic acids is 1. The summed E-state index contributed by atoms with van der Waals surface area (Å²) in [5, 5.41) is 0. The van der Waals surface area contributed by atoms with Crippen molar-refractivity contribution in [2.24, 2.45) is 5.73 Å². The van der Waals surface area contributed by atoms with Crippen LogP contribution >= 0.6 is 0 Å². The molecule has 1 aromatic heterocycles. The van der Waals surface area contributed by atoms with Crippen molar-refractivity contribution < 1.29 is 4.79 Å². The second kappa shape index (κ2) is 3.34. The van der Waals surface area contributed by atoms with Gasteiger partial charge in [-0.25, -0.2) is 9.97 Å². The molecule has 14 heavy (non-hydrogen) atoms. The van der Waals surface area contributed by atoms with Gasteiger partial charge in [0, 0.05) is 37.5 Å². The third-order valence-corrected chi connectivity index (χ3v) is 2.55. The average molecular weight is 192 g/mol. The number of nitrogens with two attached hydrogens (primary N) is 1. The molecule has 0 saturated carbocycles. The highest BCUT2D eigenvalue weighted by Gasteiger charge is 2.36. The number of carbonyl (C=O) groups is 1. The van der Waals surface area contributed by atoms with Crippen molar-refractivity contribution in [2.75, 3.05) is 7.05 Å². The van der Waals surface area contributed by atoms with Gasteiger partial charge in [0.15, 0.2) is 0 Å². The highest BCUT2D eigenvalue weighted by molar-refractivity contribution is 5.80. The van der Waals surface area contributed by atoms with Crippen LogP contribution in [0.15, 0.2) is 18.7 Å². The zero-order valence-electron chi connectivity index (χ0n) is 7.92. The number of likely N-dealkylation sites (N-methyl/N-ethyl adjacent to an activating group) is 1. The molecule has 74 valence electrons. The SMILES string of the molecule is CN1C(=O)CC(N)C1c1cncnc1. The third-order valence-electron chi connectivity index (χ3n) is 2.55. The Morgan fingerprint density at radius 3 is 2.64 bits per heavy atom. The van der Waals surface area contributed by atoms with Crippen LogP contribution in [-0.2, 0) is 4.79 Å². The second-order valence-corrected chi connectivity index (χ2v) is 3.49. The van der Waals surface area contributed by atoms with E-state index in [-0.39, 0.29) is 18.0 Å². The van der Waals surface area contributed by atoms with Crippen molar-refractivity contribution in [3.05, 3.63) is 24.3 Å². The molecule has 2 N–H and O–H groups in total. The van der Waals surface area contributed by atoms with E-state index in [2.05, 4.69) is 9.97 Å². The van der Waals surface area contributed by atoms with E-state index in [0.29, 0.717) is 6.42 Å². The Hall–Kier alpha value is -1.49. The first-order chi connectivity index (χ1) is 6.70. The van der Waals surface area contributed by atoms with Crippen LogP contribution in [-0.4, -0.2) is 33.9 Å². The summed E-state index contributed by atoms with van der Waals surface area (Å²) >= 11 is 0. The Bertz CT molecular complexity index is 340. The summed E-state index contributed by atoms with van der Waals surface area (Å²) in [7, 11) is 1.76. The number of amides is 1. The van der Waals surface area contributed by atoms with Crippen LogP contribution in [0.2, 0.25) is 0 Å². The van der Waals surface area contributed by atoms with Gasteiger partial charge in [-0.15, -0.1) is 0 Å². The van der Waals surface area contributed by atoms with Crippen molar-refractivity contribution in [3.63, 3.8) is 0 Å². The minimum atomic E-state index is -0.154. The van der Waals surface area contributed by atoms with Crippen LogP contribution in [0.4, 0.5) is 0 Å². The van der Waals surface area contributed by atoms with Gasteiger partial charge in [-0.3, -0.25) is 4.79 Å². The van der Waals surface area contributed by atoms with Gasteiger partial charge in [-0.05, 0) is 0 Å². The zero-order valence-corrected chi connectivity index (χ0v) is 7.92. The monoisotopic (exact) mass is 192 g/mol. The van der Waals surface area contributed by atoms with Gasteiger partial charge in [0.25, 0.3) is 0 Å². The minimum Gasteiger partial charge on any atom is -0.337 e. The summed E-state index contributed by atoms with van der Waals surface area (Å²) in [6, 6.07) is -0.234. The number of rotatable bonds is 1. The maximum atomic E-state index is 11.4. The molecule has 1 amide bonds. The molecule has 1 aromatic rings. The van der Waals surface area contributed by atoms with E-state index in [1.807, 2.05) is 0 Å². The lowest BCUT2D eigenvalue weighted by Gasteiger charge is -2.22. The molecule has 1 saturated heterocycles. The smallest absolute Gasteiger partial charge is 0.224 e. The molecule has 0 aromatic carbocycles. The molecule has 2 rings (SSSR count). The number of aromatic nitrogens is 2. The summed E-state index contributed by atoms with van der Waals surface area (Å²) in [5.74, 6) is 0.0753. The first-order valence-corrected chi connectivity index (χ1v) is 4.46. The normalized spacial score (nSPS) is 27.0. The molecule has 1 aliphatic rings. The Kier molecular flexibility index (Phi) is 2.17. The second-order valence-electron chi connectivity index (χ2n) is 3.49. The minimum absolute atomic E-state index is 0.0753. The Morgan fingerprint density at radius 1 is 1.50 bits per heavy atom. The molecule has 5 heteroatoms. The maximum absolute atomic E-state index is 11.4. The van der Waals surface area contributed by atoms with Crippen LogP contribution < -0.4 is 5.73 Å². The summed E-state index contributed by atoms with van der Waals surface area (Å²) < 4.78 is 0. The van der Waals surface area contributed by atoms with E-state index in [9.17, 15) is 4.79 Å². The van der Waals surface area contributed by atoms with Gasteiger partial charge < -0.3 is 10.6 Å². The van der Waals surface area contributed by atoms with E-state index in [1.54, 1.807) is 24.3 Å². The number of hydrogen-bond acceptors (Lipinski definition) is 4. The van der Waals surface area contributed by atoms with Gasteiger partial charge in [0.05, 0.1) is 6.04 Å². The number of likely N-dealkylation sites (tertiary alicyclic amines) is 1. The molecule has 2 heterocycles. The van der Waals surface area contributed by atoms with Crippen LogP contribution in [0.3, 0.4) is 0 Å². The van der Waals surface area contributed by atoms with Crippen LogP contribution in [0.1, 0.15) is 18.0 Å². The molecule has 0 radical (unpaired) electrons. The highest BCUT2D eigenvalue weighted by atomic mass is 16.2. The number of nitrogens with zero attached hydrogens (tertiary/aromatic N) is 3. The van der Waals surface area contributed by atoms with Gasteiger partial charge in [-0.2, -0.15) is 0 Å². The topological polar surface area (TPSA) is 72.1 Å². The third kappa shape index (κ3) is 1.35. The van der Waals surface area contributed by atoms with E-state index < -0.39 is 0 Å². The van der Waals surface area contributed by atoms with Crippen molar-refractivity contribution >= 4 is 5.91 Å². The summed E-state index contributed by atoms with van der Waals surface area (Å²) in [5.41, 5.74) is 6.77. The molecule has 0 spiro atoms. The molecule has 2 unspecified atom stereocenters. The molecule has 2 atom stereocenters. The van der Waals surface area contributed by atoms with Crippen molar-refractivity contribution in [3.8, 4) is 0 Å². The van der Waals surface area contributed by atoms with Crippen molar-refractivity contribution in [1.82, 2.24) is 14.9 Å². The summed E-state index contributed by atoms with van der Waals surface area (Å²) in [4.78, 5) is 20.9. The lowest BCUT2D eigenvalue weighted by molar-refractivity contribution is -0.127. The lowest BCUT2D eigenvalue weighted by Crippen LogP contribution is -2.30. The molecule has 5 nitrogen and oxygen atoms in total. The molecule has 0 aliphatic carbocycles. The fourth-order valence-corrected chi connectivity index (χ4v) is 1.83. The summed E-state index contributed by atoms with van der Waals surface area (Å²) in [6.45, 7) is 0. The fourth-order valence-electron chi connectivity index (χ4n) is 1.83. The molecular formula is C9H12N4O. The first-order valence-electron chi connectivity index (χ1n) is 4.46. The Morgan fingerprint density at radius 2 is 2.14 bits per heavy atom. The summed E-state index contributed by atoms with van der Waals surface area (Å²) in [6.07, 6.45) is 5.26. The fraction of sp³-hybridized carbons (Fsp3) is 0.444. The first kappa shape index (κ1) is 9.08. The van der Waals surface area contributed by atoms with Crippen LogP contribution in [0.25, 0.3) is 0 Å². The number of hydrogen-bond donors (Lipinski definition) is 1. The quantitative estimate of drug-likeness (QED) is 0.663. The van der Waals surface area contributed by atoms with E-state index in [1.165, 1.54) is 6.33 Å². The van der Waals surface area contributed by atoms with Gasteiger partial charge in [0.2, 0.25) is 5.91 Å². The van der Waals surface area contributed by atoms with E-state index >= 15 is 0 Å². The Balaban J connectivity index is 2.31. The molecule has 0 bridgehead atoms. The zero-order chi connectivity index (χ0) is 10.1. The molecule has 1 fully saturated rings. The van der Waals surface area contributed by atoms with Gasteiger partial charge in [-0.1, -0.05) is 0 Å². The largest absolute Gasteiger partial charge is 0.337 e. The van der Waals surface area contributed by atoms with Crippen LogP contribution in [0.5, 0.6) is 0 Å². The maximum Gasteiger partial charge on any atom is 0.224 e. The highest BCUT2D eigenvalue weighted by Crippen LogP contribution is 2.29. The van der Waals surface area contributed by atoms with Gasteiger partial charge in [0.1, 0.15) is 6.33 Å². The van der Waals surface area contributed by atoms with E-state index in [4.69, 9.17) is 5.73 Å².